The Hall–Kier alpha value is -0.220. The van der Waals surface area contributed by atoms with Crippen molar-refractivity contribution in [2.45, 2.75) is 12.8 Å². The van der Waals surface area contributed by atoms with Gasteiger partial charge in [-0.25, -0.2) is 0 Å². The number of carbonyl (C=O) groups is 1. The van der Waals surface area contributed by atoms with Gasteiger partial charge in [-0.15, -0.1) is 0 Å². The molecule has 0 aromatic heterocycles. The third kappa shape index (κ3) is 3.45. The zero-order chi connectivity index (χ0) is 8.97. The normalized spacial score (nSPS) is 20.8. The fraction of sp³-hybridized carbons (Fsp3) is 0.875. The van der Waals surface area contributed by atoms with Crippen LogP contribution in [0.25, 0.3) is 0 Å². The van der Waals surface area contributed by atoms with Crippen LogP contribution in [-0.4, -0.2) is 36.8 Å². The maximum absolute atomic E-state index is 10.5. The van der Waals surface area contributed by atoms with Crippen LogP contribution in [0.1, 0.15) is 12.8 Å². The van der Waals surface area contributed by atoms with Crippen LogP contribution in [0.2, 0.25) is 0 Å². The Kier molecular flexibility index (Phi) is 3.88. The van der Waals surface area contributed by atoms with Crippen molar-refractivity contribution in [2.24, 2.45) is 5.92 Å². The molecular formula is C8H16N2OS. The van der Waals surface area contributed by atoms with E-state index in [1.165, 1.54) is 12.8 Å². The molecule has 0 unspecified atom stereocenters. The highest BCUT2D eigenvalue weighted by atomic mass is 32.1. The van der Waals surface area contributed by atoms with E-state index in [9.17, 15) is 4.79 Å². The first-order valence-electron chi connectivity index (χ1n) is 4.34. The van der Waals surface area contributed by atoms with Gasteiger partial charge in [0.15, 0.2) is 0 Å². The highest BCUT2D eigenvalue weighted by Crippen LogP contribution is 2.14. The molecule has 1 heterocycles. The van der Waals surface area contributed by atoms with Crippen molar-refractivity contribution in [3.8, 4) is 0 Å². The van der Waals surface area contributed by atoms with E-state index in [0.29, 0.717) is 5.92 Å². The van der Waals surface area contributed by atoms with Gasteiger partial charge in [0.2, 0.25) is 0 Å². The minimum atomic E-state index is -0.214. The van der Waals surface area contributed by atoms with E-state index >= 15 is 0 Å². The minimum Gasteiger partial charge on any atom is -0.347 e. The van der Waals surface area contributed by atoms with Gasteiger partial charge >= 0.3 is 0 Å². The van der Waals surface area contributed by atoms with E-state index in [0.717, 1.165) is 19.6 Å². The summed E-state index contributed by atoms with van der Waals surface area (Å²) in [4.78, 5) is 12.8. The van der Waals surface area contributed by atoms with Gasteiger partial charge in [-0.2, -0.15) is 0 Å². The lowest BCUT2D eigenvalue weighted by atomic mass is 9.97. The predicted octanol–water partition coefficient (Wildman–Crippen LogP) is 0.968. The van der Waals surface area contributed by atoms with Crippen LogP contribution < -0.4 is 5.32 Å². The maximum atomic E-state index is 10.5. The van der Waals surface area contributed by atoms with Gasteiger partial charge in [0.1, 0.15) is 0 Å². The summed E-state index contributed by atoms with van der Waals surface area (Å²) in [5.41, 5.74) is 0. The van der Waals surface area contributed by atoms with Crippen molar-refractivity contribution in [1.29, 1.82) is 0 Å². The van der Waals surface area contributed by atoms with Crippen LogP contribution in [0.4, 0.5) is 4.79 Å². The Morgan fingerprint density at radius 1 is 1.58 bits per heavy atom. The second-order valence-corrected chi connectivity index (χ2v) is 3.84. The molecule has 1 aliphatic rings. The van der Waals surface area contributed by atoms with Crippen LogP contribution >= 0.6 is 12.6 Å². The third-order valence-corrected chi connectivity index (χ3v) is 2.54. The van der Waals surface area contributed by atoms with E-state index in [1.807, 2.05) is 0 Å². The number of hydrogen-bond donors (Lipinski definition) is 2. The average molecular weight is 188 g/mol. The first kappa shape index (κ1) is 9.86. The average Bonchev–Trinajstić information content (AvgIpc) is 2.03. The first-order chi connectivity index (χ1) is 5.68. The van der Waals surface area contributed by atoms with E-state index in [2.05, 4.69) is 29.9 Å². The van der Waals surface area contributed by atoms with Gasteiger partial charge in [0.05, 0.1) is 0 Å². The lowest BCUT2D eigenvalue weighted by Gasteiger charge is -2.28. The molecule has 4 heteroatoms. The van der Waals surface area contributed by atoms with E-state index in [-0.39, 0.29) is 5.24 Å². The minimum absolute atomic E-state index is 0.214. The molecule has 1 fully saturated rings. The number of likely N-dealkylation sites (tertiary alicyclic amines) is 1. The zero-order valence-corrected chi connectivity index (χ0v) is 8.31. The van der Waals surface area contributed by atoms with Crippen molar-refractivity contribution in [1.82, 2.24) is 10.2 Å². The number of carbonyl (C=O) groups excluding carboxylic acids is 1. The molecule has 1 saturated heterocycles. The van der Waals surface area contributed by atoms with Crippen LogP contribution in [0.15, 0.2) is 0 Å². The van der Waals surface area contributed by atoms with Gasteiger partial charge in [-0.3, -0.25) is 4.79 Å². The van der Waals surface area contributed by atoms with Crippen molar-refractivity contribution in [3.63, 3.8) is 0 Å². The van der Waals surface area contributed by atoms with Crippen LogP contribution in [0, 0.1) is 5.92 Å². The number of nitrogens with zero attached hydrogens (tertiary/aromatic N) is 1. The molecule has 0 saturated carbocycles. The molecule has 1 N–H and O–H groups in total. The summed E-state index contributed by atoms with van der Waals surface area (Å²) >= 11 is 3.65. The highest BCUT2D eigenvalue weighted by molar-refractivity contribution is 7.96. The summed E-state index contributed by atoms with van der Waals surface area (Å²) in [6, 6.07) is 0. The lowest BCUT2D eigenvalue weighted by Crippen LogP contribution is -2.35. The molecule has 1 amide bonds. The van der Waals surface area contributed by atoms with E-state index < -0.39 is 0 Å². The van der Waals surface area contributed by atoms with Crippen molar-refractivity contribution in [2.75, 3.05) is 26.7 Å². The Morgan fingerprint density at radius 2 is 2.17 bits per heavy atom. The number of hydrogen-bond acceptors (Lipinski definition) is 2. The van der Waals surface area contributed by atoms with Crippen LogP contribution in [0.5, 0.6) is 0 Å². The molecule has 1 rings (SSSR count). The SMILES string of the molecule is CN1CCC(CNC(=O)S)CC1. The quantitative estimate of drug-likeness (QED) is 0.633. The molecule has 0 radical (unpaired) electrons. The number of amides is 1. The Balaban J connectivity index is 2.13. The Bertz CT molecular complexity index is 155. The molecule has 0 aromatic carbocycles. The zero-order valence-electron chi connectivity index (χ0n) is 7.42. The molecule has 70 valence electrons. The summed E-state index contributed by atoms with van der Waals surface area (Å²) < 4.78 is 0. The maximum Gasteiger partial charge on any atom is 0.275 e. The molecule has 0 aromatic rings. The molecule has 0 aliphatic carbocycles. The van der Waals surface area contributed by atoms with Crippen LogP contribution in [-0.2, 0) is 0 Å². The molecule has 0 spiro atoms. The van der Waals surface area contributed by atoms with Crippen LogP contribution in [0.3, 0.4) is 0 Å². The monoisotopic (exact) mass is 188 g/mol. The molecule has 1 aliphatic heterocycles. The third-order valence-electron chi connectivity index (χ3n) is 2.38. The predicted molar refractivity (Wildman–Crippen MR) is 52.6 cm³/mol. The number of thiol groups is 1. The standard InChI is InChI=1S/C8H16N2OS/c1-10-4-2-7(3-5-10)6-9-8(11)12/h7H,2-6H2,1H3,(H2,9,11,12). The summed E-state index contributed by atoms with van der Waals surface area (Å²) in [6.07, 6.45) is 2.37. The second kappa shape index (κ2) is 4.72. The molecule has 0 atom stereocenters. The summed E-state index contributed by atoms with van der Waals surface area (Å²) in [5.74, 6) is 0.650. The van der Waals surface area contributed by atoms with Gasteiger partial charge < -0.3 is 10.2 Å². The summed E-state index contributed by atoms with van der Waals surface area (Å²) in [5, 5.41) is 2.52. The molecular weight excluding hydrogens is 172 g/mol. The van der Waals surface area contributed by atoms with Crippen molar-refractivity contribution in [3.05, 3.63) is 0 Å². The van der Waals surface area contributed by atoms with Crippen molar-refractivity contribution < 1.29 is 4.79 Å². The fourth-order valence-electron chi connectivity index (χ4n) is 1.50. The van der Waals surface area contributed by atoms with E-state index in [1.54, 1.807) is 0 Å². The number of rotatable bonds is 2. The first-order valence-corrected chi connectivity index (χ1v) is 4.78. The highest BCUT2D eigenvalue weighted by Gasteiger charge is 2.16. The van der Waals surface area contributed by atoms with Gasteiger partial charge in [0, 0.05) is 6.54 Å². The largest absolute Gasteiger partial charge is 0.347 e. The number of piperidine rings is 1. The molecule has 12 heavy (non-hydrogen) atoms. The Morgan fingerprint density at radius 3 is 2.67 bits per heavy atom. The second-order valence-electron chi connectivity index (χ2n) is 3.43. The van der Waals surface area contributed by atoms with Gasteiger partial charge in [0.25, 0.3) is 5.24 Å². The van der Waals surface area contributed by atoms with Crippen molar-refractivity contribution >= 4 is 17.9 Å². The summed E-state index contributed by atoms with van der Waals surface area (Å²) in [7, 11) is 2.13. The number of nitrogens with one attached hydrogen (secondary N) is 1. The molecule has 3 nitrogen and oxygen atoms in total. The lowest BCUT2D eigenvalue weighted by molar-refractivity contribution is 0.215. The molecule has 0 bridgehead atoms. The Labute approximate surface area is 78.9 Å². The van der Waals surface area contributed by atoms with Gasteiger partial charge in [-0.05, 0) is 38.9 Å². The smallest absolute Gasteiger partial charge is 0.275 e. The van der Waals surface area contributed by atoms with Gasteiger partial charge in [-0.1, -0.05) is 12.6 Å². The van der Waals surface area contributed by atoms with E-state index in [4.69, 9.17) is 0 Å². The fourth-order valence-corrected chi connectivity index (χ4v) is 1.59. The topological polar surface area (TPSA) is 32.3 Å². The summed E-state index contributed by atoms with van der Waals surface area (Å²) in [6.45, 7) is 3.08.